The van der Waals surface area contributed by atoms with Gasteiger partial charge in [0, 0.05) is 19.8 Å². The van der Waals surface area contributed by atoms with Crippen LogP contribution in [0, 0.1) is 0 Å². The summed E-state index contributed by atoms with van der Waals surface area (Å²) in [4.78, 5) is 5.59. The van der Waals surface area contributed by atoms with Crippen LogP contribution in [0.25, 0.3) is 0 Å². The van der Waals surface area contributed by atoms with Gasteiger partial charge in [0.25, 0.3) is 0 Å². The molecule has 0 aliphatic rings. The lowest BCUT2D eigenvalue weighted by atomic mass is 10.7. The van der Waals surface area contributed by atoms with Gasteiger partial charge in [-0.1, -0.05) is 6.58 Å². The lowest BCUT2D eigenvalue weighted by Crippen LogP contribution is -2.21. The van der Waals surface area contributed by atoms with E-state index in [1.54, 1.807) is 0 Å². The Morgan fingerprint density at radius 2 is 2.44 bits per heavy atom. The third kappa shape index (κ3) is 3.14. The van der Waals surface area contributed by atoms with E-state index in [4.69, 9.17) is 11.6 Å². The van der Waals surface area contributed by atoms with Crippen molar-refractivity contribution < 1.29 is 0 Å². The van der Waals surface area contributed by atoms with Crippen LogP contribution in [0.5, 0.6) is 0 Å². The van der Waals surface area contributed by atoms with Gasteiger partial charge in [0.1, 0.15) is 0 Å². The van der Waals surface area contributed by atoms with Crippen molar-refractivity contribution in [3.63, 3.8) is 0 Å². The SMILES string of the molecule is C=CN=C(Cl)N(C)CC. The van der Waals surface area contributed by atoms with E-state index in [1.807, 2.05) is 18.9 Å². The van der Waals surface area contributed by atoms with Gasteiger partial charge < -0.3 is 4.90 Å². The molecule has 0 bridgehead atoms. The van der Waals surface area contributed by atoms with Gasteiger partial charge in [-0.3, -0.25) is 0 Å². The summed E-state index contributed by atoms with van der Waals surface area (Å²) in [6.45, 7) is 6.28. The van der Waals surface area contributed by atoms with E-state index >= 15 is 0 Å². The summed E-state index contributed by atoms with van der Waals surface area (Å²) in [5, 5.41) is 0.479. The van der Waals surface area contributed by atoms with E-state index in [1.165, 1.54) is 6.20 Å². The molecule has 0 heterocycles. The van der Waals surface area contributed by atoms with Crippen molar-refractivity contribution in [1.82, 2.24) is 4.90 Å². The first kappa shape index (κ1) is 8.50. The van der Waals surface area contributed by atoms with Crippen LogP contribution in [-0.2, 0) is 0 Å². The van der Waals surface area contributed by atoms with Gasteiger partial charge in [-0.25, -0.2) is 4.99 Å². The number of nitrogens with zero attached hydrogens (tertiary/aromatic N) is 2. The molecule has 2 nitrogen and oxygen atoms in total. The standard InChI is InChI=1S/C6H11ClN2/c1-4-8-6(7)9(3)5-2/h4H,1,5H2,2-3H3. The van der Waals surface area contributed by atoms with E-state index in [0.717, 1.165) is 6.54 Å². The molecule has 0 aromatic heterocycles. The predicted octanol–water partition coefficient (Wildman–Crippen LogP) is 1.68. The van der Waals surface area contributed by atoms with E-state index in [9.17, 15) is 0 Å². The topological polar surface area (TPSA) is 15.6 Å². The van der Waals surface area contributed by atoms with E-state index in [2.05, 4.69) is 11.6 Å². The highest BCUT2D eigenvalue weighted by atomic mass is 35.5. The fourth-order valence-electron chi connectivity index (χ4n) is 0.304. The van der Waals surface area contributed by atoms with E-state index in [0.29, 0.717) is 5.29 Å². The molecular formula is C6H11ClN2. The molecule has 0 aromatic carbocycles. The van der Waals surface area contributed by atoms with Crippen LogP contribution in [0.1, 0.15) is 6.92 Å². The summed E-state index contributed by atoms with van der Waals surface area (Å²) in [6, 6.07) is 0. The maximum atomic E-state index is 5.64. The van der Waals surface area contributed by atoms with Crippen molar-refractivity contribution in [2.24, 2.45) is 4.99 Å². The molecule has 0 aliphatic carbocycles. The third-order valence-corrected chi connectivity index (χ3v) is 1.37. The number of rotatable bonds is 2. The third-order valence-electron chi connectivity index (χ3n) is 0.987. The maximum absolute atomic E-state index is 5.64. The molecule has 0 saturated heterocycles. The zero-order valence-corrected chi connectivity index (χ0v) is 6.52. The molecule has 0 spiro atoms. The van der Waals surface area contributed by atoms with Crippen molar-refractivity contribution in [2.75, 3.05) is 13.6 Å². The van der Waals surface area contributed by atoms with Crippen molar-refractivity contribution in [3.8, 4) is 0 Å². The fourth-order valence-corrected chi connectivity index (χ4v) is 0.493. The molecule has 9 heavy (non-hydrogen) atoms. The number of aliphatic imine (C=N–C) groups is 1. The molecular weight excluding hydrogens is 136 g/mol. The normalized spacial score (nSPS) is 11.2. The summed E-state index contributed by atoms with van der Waals surface area (Å²) < 4.78 is 0. The van der Waals surface area contributed by atoms with Crippen LogP contribution in [0.2, 0.25) is 0 Å². The lowest BCUT2D eigenvalue weighted by molar-refractivity contribution is 0.545. The average Bonchev–Trinajstić information content (AvgIpc) is 1.87. The highest BCUT2D eigenvalue weighted by Gasteiger charge is 1.95. The largest absolute Gasteiger partial charge is 0.350 e. The number of amidine groups is 1. The Kier molecular flexibility index (Phi) is 4.14. The molecule has 0 rings (SSSR count). The van der Waals surface area contributed by atoms with Crippen LogP contribution in [0.3, 0.4) is 0 Å². The minimum Gasteiger partial charge on any atom is -0.350 e. The van der Waals surface area contributed by atoms with Gasteiger partial charge >= 0.3 is 0 Å². The van der Waals surface area contributed by atoms with Crippen molar-refractivity contribution in [1.29, 1.82) is 0 Å². The molecule has 0 saturated carbocycles. The number of hydrogen-bond acceptors (Lipinski definition) is 1. The molecule has 0 fully saturated rings. The number of hydrogen-bond donors (Lipinski definition) is 0. The van der Waals surface area contributed by atoms with Crippen LogP contribution in [-0.4, -0.2) is 23.8 Å². The highest BCUT2D eigenvalue weighted by molar-refractivity contribution is 6.64. The van der Waals surface area contributed by atoms with Crippen LogP contribution >= 0.6 is 11.6 Å². The van der Waals surface area contributed by atoms with Gasteiger partial charge in [0.05, 0.1) is 0 Å². The summed E-state index contributed by atoms with van der Waals surface area (Å²) in [5.74, 6) is 0. The lowest BCUT2D eigenvalue weighted by Gasteiger charge is -2.11. The van der Waals surface area contributed by atoms with Crippen LogP contribution in [0.15, 0.2) is 17.8 Å². The summed E-state index contributed by atoms with van der Waals surface area (Å²) >= 11 is 5.64. The second kappa shape index (κ2) is 4.39. The molecule has 0 atom stereocenters. The minimum absolute atomic E-state index is 0.479. The Morgan fingerprint density at radius 3 is 2.78 bits per heavy atom. The van der Waals surface area contributed by atoms with Gasteiger partial charge in [0.2, 0.25) is 0 Å². The summed E-state index contributed by atoms with van der Waals surface area (Å²) in [6.07, 6.45) is 1.43. The van der Waals surface area contributed by atoms with Gasteiger partial charge in [-0.2, -0.15) is 0 Å². The summed E-state index contributed by atoms with van der Waals surface area (Å²) in [5.41, 5.74) is 0. The predicted molar refractivity (Wildman–Crippen MR) is 41.8 cm³/mol. The molecule has 0 amide bonds. The van der Waals surface area contributed by atoms with Gasteiger partial charge in [-0.05, 0) is 18.5 Å². The summed E-state index contributed by atoms with van der Waals surface area (Å²) in [7, 11) is 1.87. The molecule has 0 radical (unpaired) electrons. The first-order valence-electron chi connectivity index (χ1n) is 2.77. The van der Waals surface area contributed by atoms with Crippen LogP contribution < -0.4 is 0 Å². The fraction of sp³-hybridized carbons (Fsp3) is 0.500. The molecule has 3 heteroatoms. The van der Waals surface area contributed by atoms with E-state index in [-0.39, 0.29) is 0 Å². The highest BCUT2D eigenvalue weighted by Crippen LogP contribution is 1.92. The maximum Gasteiger partial charge on any atom is 0.198 e. The smallest absolute Gasteiger partial charge is 0.198 e. The first-order valence-corrected chi connectivity index (χ1v) is 3.15. The molecule has 0 aromatic rings. The molecule has 0 N–H and O–H groups in total. The Hall–Kier alpha value is -0.500. The van der Waals surface area contributed by atoms with E-state index < -0.39 is 0 Å². The second-order valence-corrected chi connectivity index (χ2v) is 1.93. The first-order chi connectivity index (χ1) is 4.22. The zero-order valence-electron chi connectivity index (χ0n) is 5.76. The van der Waals surface area contributed by atoms with Gasteiger partial charge in [-0.15, -0.1) is 0 Å². The van der Waals surface area contributed by atoms with Crippen LogP contribution in [0.4, 0.5) is 0 Å². The van der Waals surface area contributed by atoms with Crippen molar-refractivity contribution in [2.45, 2.75) is 6.92 Å². The number of halogens is 1. The molecule has 52 valence electrons. The molecule has 0 unspecified atom stereocenters. The van der Waals surface area contributed by atoms with Gasteiger partial charge in [0.15, 0.2) is 5.29 Å². The van der Waals surface area contributed by atoms with Crippen molar-refractivity contribution >= 4 is 16.9 Å². The average molecular weight is 147 g/mol. The quantitative estimate of drug-likeness (QED) is 0.329. The van der Waals surface area contributed by atoms with Crippen molar-refractivity contribution in [3.05, 3.63) is 12.8 Å². The second-order valence-electron chi connectivity index (χ2n) is 1.59. The Balaban J connectivity index is 3.84. The molecule has 0 aliphatic heterocycles. The zero-order chi connectivity index (χ0) is 7.28. The minimum atomic E-state index is 0.479. The monoisotopic (exact) mass is 146 g/mol. The Bertz CT molecular complexity index is 120. The Labute approximate surface area is 60.8 Å². The Morgan fingerprint density at radius 1 is 1.89 bits per heavy atom.